The Morgan fingerprint density at radius 1 is 1.62 bits per heavy atom. The number of alkyl halides is 2. The predicted molar refractivity (Wildman–Crippen MR) is 39.8 cm³/mol. The van der Waals surface area contributed by atoms with E-state index >= 15 is 0 Å². The molecule has 0 saturated heterocycles. The maximum atomic E-state index is 5.70. The van der Waals surface area contributed by atoms with Crippen molar-refractivity contribution in [3.8, 4) is 0 Å². The van der Waals surface area contributed by atoms with Crippen LogP contribution in [0, 0.1) is 0 Å². The topological polar surface area (TPSA) is 0 Å². The maximum Gasteiger partial charge on any atom is 0.0513 e. The van der Waals surface area contributed by atoms with Crippen LogP contribution in [0.15, 0.2) is 12.2 Å². The van der Waals surface area contributed by atoms with Gasteiger partial charge in [-0.15, -0.1) is 23.2 Å². The average molecular weight is 153 g/mol. The first-order chi connectivity index (χ1) is 3.81. The molecule has 1 atom stereocenters. The van der Waals surface area contributed by atoms with Crippen LogP contribution < -0.4 is 0 Å². The average Bonchev–Trinajstić information content (AvgIpc) is 1.83. The predicted octanol–water partition coefficient (Wildman–Crippen LogP) is 2.80. The zero-order valence-electron chi connectivity index (χ0n) is 4.90. The van der Waals surface area contributed by atoms with Crippen molar-refractivity contribution in [2.24, 2.45) is 0 Å². The molecule has 0 aromatic rings. The second kappa shape index (κ2) is 5.46. The van der Waals surface area contributed by atoms with Gasteiger partial charge in [-0.05, 0) is 6.42 Å². The molecule has 0 bridgehead atoms. The Balaban J connectivity index is 3.21. The number of halogens is 2. The highest BCUT2D eigenvalue weighted by atomic mass is 35.5. The SMILES string of the molecule is CCC(Cl)C=CCCl. The van der Waals surface area contributed by atoms with E-state index in [2.05, 4.69) is 0 Å². The molecule has 1 unspecified atom stereocenters. The third-order valence-corrected chi connectivity index (χ3v) is 1.46. The van der Waals surface area contributed by atoms with E-state index < -0.39 is 0 Å². The van der Waals surface area contributed by atoms with E-state index in [0.717, 1.165) is 6.42 Å². The number of hydrogen-bond donors (Lipinski definition) is 0. The second-order valence-electron chi connectivity index (χ2n) is 1.51. The van der Waals surface area contributed by atoms with Gasteiger partial charge in [-0.2, -0.15) is 0 Å². The van der Waals surface area contributed by atoms with Gasteiger partial charge in [-0.1, -0.05) is 19.1 Å². The van der Waals surface area contributed by atoms with Crippen LogP contribution in [-0.2, 0) is 0 Å². The highest BCUT2D eigenvalue weighted by Crippen LogP contribution is 2.01. The molecular weight excluding hydrogens is 143 g/mol. The lowest BCUT2D eigenvalue weighted by molar-refractivity contribution is 0.965. The molecule has 0 fully saturated rings. The third-order valence-electron chi connectivity index (χ3n) is 0.824. The molecule has 0 spiro atoms. The van der Waals surface area contributed by atoms with E-state index in [4.69, 9.17) is 23.2 Å². The van der Waals surface area contributed by atoms with Crippen molar-refractivity contribution in [2.45, 2.75) is 18.7 Å². The third kappa shape index (κ3) is 4.48. The Morgan fingerprint density at radius 2 is 2.25 bits per heavy atom. The van der Waals surface area contributed by atoms with E-state index in [-0.39, 0.29) is 5.38 Å². The molecule has 0 nitrogen and oxygen atoms in total. The fourth-order valence-electron chi connectivity index (χ4n) is 0.335. The van der Waals surface area contributed by atoms with Gasteiger partial charge in [0.05, 0.1) is 5.38 Å². The Bertz CT molecular complexity index is 68.9. The Labute approximate surface area is 60.5 Å². The quantitative estimate of drug-likeness (QED) is 0.432. The lowest BCUT2D eigenvalue weighted by Crippen LogP contribution is -1.87. The standard InChI is InChI=1S/C6H10Cl2/c1-2-6(8)4-3-5-7/h3-4,6H,2,5H2,1H3. The van der Waals surface area contributed by atoms with Crippen molar-refractivity contribution >= 4 is 23.2 Å². The maximum absolute atomic E-state index is 5.70. The number of hydrogen-bond acceptors (Lipinski definition) is 0. The highest BCUT2D eigenvalue weighted by molar-refractivity contribution is 6.22. The summed E-state index contributed by atoms with van der Waals surface area (Å²) < 4.78 is 0. The van der Waals surface area contributed by atoms with Crippen molar-refractivity contribution in [3.63, 3.8) is 0 Å². The van der Waals surface area contributed by atoms with Crippen molar-refractivity contribution in [2.75, 3.05) is 5.88 Å². The van der Waals surface area contributed by atoms with Gasteiger partial charge in [0.1, 0.15) is 0 Å². The van der Waals surface area contributed by atoms with Crippen molar-refractivity contribution in [1.82, 2.24) is 0 Å². The van der Waals surface area contributed by atoms with Gasteiger partial charge >= 0.3 is 0 Å². The van der Waals surface area contributed by atoms with Crippen LogP contribution in [0.2, 0.25) is 0 Å². The molecule has 0 aromatic heterocycles. The lowest BCUT2D eigenvalue weighted by Gasteiger charge is -1.93. The number of rotatable bonds is 3. The monoisotopic (exact) mass is 152 g/mol. The molecule has 0 aliphatic heterocycles. The summed E-state index contributed by atoms with van der Waals surface area (Å²) in [6.07, 6.45) is 4.74. The van der Waals surface area contributed by atoms with Gasteiger partial charge in [0.25, 0.3) is 0 Å². The highest BCUT2D eigenvalue weighted by Gasteiger charge is 1.90. The summed E-state index contributed by atoms with van der Waals surface area (Å²) >= 11 is 11.1. The van der Waals surface area contributed by atoms with E-state index in [9.17, 15) is 0 Å². The molecule has 0 heterocycles. The lowest BCUT2D eigenvalue weighted by atomic mass is 10.3. The zero-order chi connectivity index (χ0) is 6.41. The fourth-order valence-corrected chi connectivity index (χ4v) is 0.541. The largest absolute Gasteiger partial charge is 0.122 e. The van der Waals surface area contributed by atoms with Gasteiger partial charge in [-0.25, -0.2) is 0 Å². The Kier molecular flexibility index (Phi) is 5.67. The first-order valence-electron chi connectivity index (χ1n) is 2.68. The summed E-state index contributed by atoms with van der Waals surface area (Å²) in [5.41, 5.74) is 0. The van der Waals surface area contributed by atoms with E-state index in [1.54, 1.807) is 0 Å². The summed E-state index contributed by atoms with van der Waals surface area (Å²) in [6.45, 7) is 2.04. The van der Waals surface area contributed by atoms with Crippen molar-refractivity contribution in [3.05, 3.63) is 12.2 Å². The van der Waals surface area contributed by atoms with Crippen molar-refractivity contribution in [1.29, 1.82) is 0 Å². The van der Waals surface area contributed by atoms with Crippen LogP contribution in [0.3, 0.4) is 0 Å². The summed E-state index contributed by atoms with van der Waals surface area (Å²) in [6, 6.07) is 0. The molecule has 48 valence electrons. The van der Waals surface area contributed by atoms with Gasteiger partial charge in [-0.3, -0.25) is 0 Å². The molecule has 2 heteroatoms. The summed E-state index contributed by atoms with van der Waals surface area (Å²) in [4.78, 5) is 0. The second-order valence-corrected chi connectivity index (χ2v) is 2.38. The minimum absolute atomic E-state index is 0.161. The summed E-state index contributed by atoms with van der Waals surface area (Å²) in [7, 11) is 0. The van der Waals surface area contributed by atoms with Crippen LogP contribution >= 0.6 is 23.2 Å². The van der Waals surface area contributed by atoms with Crippen LogP contribution in [0.25, 0.3) is 0 Å². The smallest absolute Gasteiger partial charge is 0.0513 e. The molecule has 0 aliphatic rings. The van der Waals surface area contributed by atoms with Crippen molar-refractivity contribution < 1.29 is 0 Å². The molecule has 0 N–H and O–H groups in total. The van der Waals surface area contributed by atoms with Gasteiger partial charge in [0.15, 0.2) is 0 Å². The minimum Gasteiger partial charge on any atom is -0.122 e. The molecular formula is C6H10Cl2. The molecule has 0 aliphatic carbocycles. The molecule has 0 rings (SSSR count). The van der Waals surface area contributed by atoms with E-state index in [1.807, 2.05) is 19.1 Å². The summed E-state index contributed by atoms with van der Waals surface area (Å²) in [5.74, 6) is 0.559. The fraction of sp³-hybridized carbons (Fsp3) is 0.667. The number of allylic oxidation sites excluding steroid dienone is 2. The van der Waals surface area contributed by atoms with Gasteiger partial charge in [0, 0.05) is 5.88 Å². The summed E-state index contributed by atoms with van der Waals surface area (Å²) in [5, 5.41) is 0.161. The van der Waals surface area contributed by atoms with Crippen LogP contribution in [0.5, 0.6) is 0 Å². The van der Waals surface area contributed by atoms with Gasteiger partial charge in [0.2, 0.25) is 0 Å². The van der Waals surface area contributed by atoms with Crippen LogP contribution in [0.1, 0.15) is 13.3 Å². The van der Waals surface area contributed by atoms with Gasteiger partial charge < -0.3 is 0 Å². The van der Waals surface area contributed by atoms with E-state index in [0.29, 0.717) is 5.88 Å². The first kappa shape index (κ1) is 8.32. The molecule has 0 amide bonds. The molecule has 8 heavy (non-hydrogen) atoms. The Morgan fingerprint density at radius 3 is 2.62 bits per heavy atom. The normalized spacial score (nSPS) is 14.9. The minimum atomic E-state index is 0.161. The molecule has 0 saturated carbocycles. The zero-order valence-corrected chi connectivity index (χ0v) is 6.41. The van der Waals surface area contributed by atoms with E-state index in [1.165, 1.54) is 0 Å². The van der Waals surface area contributed by atoms with Crippen LogP contribution in [-0.4, -0.2) is 11.3 Å². The van der Waals surface area contributed by atoms with Crippen LogP contribution in [0.4, 0.5) is 0 Å². The Hall–Kier alpha value is 0.320. The first-order valence-corrected chi connectivity index (χ1v) is 3.65. The molecule has 0 radical (unpaired) electrons. The molecule has 0 aromatic carbocycles.